The van der Waals surface area contributed by atoms with Crippen LogP contribution < -0.4 is 5.32 Å². The Bertz CT molecular complexity index is 494. The van der Waals surface area contributed by atoms with Crippen molar-refractivity contribution < 1.29 is 4.39 Å². The third kappa shape index (κ3) is 3.61. The summed E-state index contributed by atoms with van der Waals surface area (Å²) in [5.41, 5.74) is 3.03. The zero-order chi connectivity index (χ0) is 13.7. The number of pyridine rings is 1. The molecule has 1 aromatic carbocycles. The standard InChI is InChI=1S/C16H19FN2/c1-3-8-19-16(13-5-4-6-15(17)11-13)14-7-9-18-12(2)10-14/h4-7,9-11,16,19H,3,8H2,1-2H3. The van der Waals surface area contributed by atoms with Gasteiger partial charge in [0, 0.05) is 11.9 Å². The van der Waals surface area contributed by atoms with Crippen molar-refractivity contribution in [2.75, 3.05) is 6.54 Å². The van der Waals surface area contributed by atoms with Gasteiger partial charge >= 0.3 is 0 Å². The number of halogens is 1. The second-order valence-corrected chi connectivity index (χ2v) is 4.67. The second-order valence-electron chi connectivity index (χ2n) is 4.67. The molecule has 0 spiro atoms. The number of hydrogen-bond acceptors (Lipinski definition) is 2. The largest absolute Gasteiger partial charge is 0.306 e. The molecule has 2 nitrogen and oxygen atoms in total. The molecule has 1 unspecified atom stereocenters. The van der Waals surface area contributed by atoms with E-state index in [2.05, 4.69) is 17.2 Å². The van der Waals surface area contributed by atoms with Crippen molar-refractivity contribution in [1.29, 1.82) is 0 Å². The Balaban J connectivity index is 2.35. The summed E-state index contributed by atoms with van der Waals surface area (Å²) in [7, 11) is 0. The van der Waals surface area contributed by atoms with Gasteiger partial charge < -0.3 is 5.32 Å². The first kappa shape index (κ1) is 13.7. The number of aryl methyl sites for hydroxylation is 1. The molecule has 1 heterocycles. The molecule has 1 N–H and O–H groups in total. The normalized spacial score (nSPS) is 12.4. The minimum Gasteiger partial charge on any atom is -0.306 e. The van der Waals surface area contributed by atoms with E-state index in [4.69, 9.17) is 0 Å². The van der Waals surface area contributed by atoms with Gasteiger partial charge in [-0.15, -0.1) is 0 Å². The molecule has 100 valence electrons. The van der Waals surface area contributed by atoms with Crippen molar-refractivity contribution >= 4 is 0 Å². The Morgan fingerprint density at radius 1 is 1.21 bits per heavy atom. The third-order valence-electron chi connectivity index (χ3n) is 3.03. The molecule has 0 aliphatic heterocycles. The lowest BCUT2D eigenvalue weighted by atomic mass is 9.98. The minimum atomic E-state index is -0.202. The first-order chi connectivity index (χ1) is 9.20. The van der Waals surface area contributed by atoms with Crippen molar-refractivity contribution in [2.24, 2.45) is 0 Å². The minimum absolute atomic E-state index is 0.0114. The predicted octanol–water partition coefficient (Wildman–Crippen LogP) is 3.62. The van der Waals surface area contributed by atoms with Crippen LogP contribution in [0.4, 0.5) is 4.39 Å². The molecular weight excluding hydrogens is 239 g/mol. The highest BCUT2D eigenvalue weighted by Gasteiger charge is 2.14. The van der Waals surface area contributed by atoms with Gasteiger partial charge in [-0.3, -0.25) is 4.98 Å². The molecule has 0 fully saturated rings. The molecule has 0 saturated carbocycles. The van der Waals surface area contributed by atoms with E-state index in [9.17, 15) is 4.39 Å². The molecule has 0 aliphatic carbocycles. The Labute approximate surface area is 113 Å². The first-order valence-corrected chi connectivity index (χ1v) is 6.62. The Kier molecular flexibility index (Phi) is 4.63. The van der Waals surface area contributed by atoms with Crippen molar-refractivity contribution in [2.45, 2.75) is 26.3 Å². The van der Waals surface area contributed by atoms with Gasteiger partial charge in [0.05, 0.1) is 6.04 Å². The van der Waals surface area contributed by atoms with Crippen LogP contribution in [0.1, 0.15) is 36.2 Å². The molecule has 0 saturated heterocycles. The van der Waals surface area contributed by atoms with Crippen molar-refractivity contribution in [3.8, 4) is 0 Å². The summed E-state index contributed by atoms with van der Waals surface area (Å²) >= 11 is 0. The van der Waals surface area contributed by atoms with Crippen LogP contribution in [-0.2, 0) is 0 Å². The van der Waals surface area contributed by atoms with E-state index in [1.165, 1.54) is 6.07 Å². The Hall–Kier alpha value is -1.74. The Morgan fingerprint density at radius 3 is 2.68 bits per heavy atom. The van der Waals surface area contributed by atoms with E-state index < -0.39 is 0 Å². The summed E-state index contributed by atoms with van der Waals surface area (Å²) in [6.07, 6.45) is 2.83. The van der Waals surface area contributed by atoms with E-state index in [1.807, 2.05) is 25.1 Å². The molecule has 1 atom stereocenters. The second kappa shape index (κ2) is 6.43. The van der Waals surface area contributed by atoms with E-state index in [0.717, 1.165) is 29.8 Å². The van der Waals surface area contributed by atoms with Crippen LogP contribution in [0, 0.1) is 12.7 Å². The van der Waals surface area contributed by atoms with Crippen LogP contribution in [0.25, 0.3) is 0 Å². The zero-order valence-corrected chi connectivity index (χ0v) is 11.4. The number of hydrogen-bond donors (Lipinski definition) is 1. The van der Waals surface area contributed by atoms with Crippen LogP contribution in [0.3, 0.4) is 0 Å². The third-order valence-corrected chi connectivity index (χ3v) is 3.03. The summed E-state index contributed by atoms with van der Waals surface area (Å²) in [5, 5.41) is 3.46. The van der Waals surface area contributed by atoms with Crippen molar-refractivity contribution in [3.05, 3.63) is 65.2 Å². The lowest BCUT2D eigenvalue weighted by Gasteiger charge is -2.20. The maximum Gasteiger partial charge on any atom is 0.123 e. The van der Waals surface area contributed by atoms with E-state index >= 15 is 0 Å². The number of aromatic nitrogens is 1. The maximum absolute atomic E-state index is 13.4. The molecule has 0 bridgehead atoms. The van der Waals surface area contributed by atoms with Gasteiger partial charge in [-0.05, 0) is 55.3 Å². The fourth-order valence-corrected chi connectivity index (χ4v) is 2.15. The van der Waals surface area contributed by atoms with E-state index in [1.54, 1.807) is 18.3 Å². The highest BCUT2D eigenvalue weighted by Crippen LogP contribution is 2.22. The lowest BCUT2D eigenvalue weighted by molar-refractivity contribution is 0.585. The van der Waals surface area contributed by atoms with Crippen LogP contribution >= 0.6 is 0 Å². The number of benzene rings is 1. The molecule has 1 aromatic heterocycles. The zero-order valence-electron chi connectivity index (χ0n) is 11.4. The fourth-order valence-electron chi connectivity index (χ4n) is 2.15. The fraction of sp³-hybridized carbons (Fsp3) is 0.312. The summed E-state index contributed by atoms with van der Waals surface area (Å²) < 4.78 is 13.4. The highest BCUT2D eigenvalue weighted by molar-refractivity contribution is 5.32. The molecule has 0 amide bonds. The summed E-state index contributed by atoms with van der Waals surface area (Å²) in [5.74, 6) is -0.202. The van der Waals surface area contributed by atoms with Gasteiger partial charge in [0.15, 0.2) is 0 Å². The molecule has 19 heavy (non-hydrogen) atoms. The Morgan fingerprint density at radius 2 is 2.00 bits per heavy atom. The molecule has 2 aromatic rings. The van der Waals surface area contributed by atoms with Gasteiger partial charge in [-0.1, -0.05) is 19.1 Å². The van der Waals surface area contributed by atoms with Crippen LogP contribution in [0.15, 0.2) is 42.6 Å². The van der Waals surface area contributed by atoms with Crippen molar-refractivity contribution in [3.63, 3.8) is 0 Å². The van der Waals surface area contributed by atoms with Gasteiger partial charge in [-0.25, -0.2) is 4.39 Å². The van der Waals surface area contributed by atoms with Gasteiger partial charge in [-0.2, -0.15) is 0 Å². The quantitative estimate of drug-likeness (QED) is 0.886. The average Bonchev–Trinajstić information content (AvgIpc) is 2.39. The highest BCUT2D eigenvalue weighted by atomic mass is 19.1. The SMILES string of the molecule is CCCNC(c1cccc(F)c1)c1ccnc(C)c1. The number of nitrogens with one attached hydrogen (secondary N) is 1. The van der Waals surface area contributed by atoms with Crippen LogP contribution in [0.2, 0.25) is 0 Å². The van der Waals surface area contributed by atoms with Crippen molar-refractivity contribution in [1.82, 2.24) is 10.3 Å². The summed E-state index contributed by atoms with van der Waals surface area (Å²) in [4.78, 5) is 4.21. The number of nitrogens with zero attached hydrogens (tertiary/aromatic N) is 1. The van der Waals surface area contributed by atoms with Crippen LogP contribution in [-0.4, -0.2) is 11.5 Å². The predicted molar refractivity (Wildman–Crippen MR) is 75.5 cm³/mol. The van der Waals surface area contributed by atoms with E-state index in [0.29, 0.717) is 0 Å². The van der Waals surface area contributed by atoms with Gasteiger partial charge in [0.1, 0.15) is 5.82 Å². The topological polar surface area (TPSA) is 24.9 Å². The molecular formula is C16H19FN2. The maximum atomic E-state index is 13.4. The molecule has 2 rings (SSSR count). The van der Waals surface area contributed by atoms with E-state index in [-0.39, 0.29) is 11.9 Å². The summed E-state index contributed by atoms with van der Waals surface area (Å²) in [6, 6.07) is 10.8. The molecule has 0 aliphatic rings. The average molecular weight is 258 g/mol. The monoisotopic (exact) mass is 258 g/mol. The summed E-state index contributed by atoms with van der Waals surface area (Å²) in [6.45, 7) is 4.97. The first-order valence-electron chi connectivity index (χ1n) is 6.62. The number of rotatable bonds is 5. The van der Waals surface area contributed by atoms with Gasteiger partial charge in [0.25, 0.3) is 0 Å². The van der Waals surface area contributed by atoms with Crippen LogP contribution in [0.5, 0.6) is 0 Å². The van der Waals surface area contributed by atoms with Gasteiger partial charge in [0.2, 0.25) is 0 Å². The molecule has 3 heteroatoms. The molecule has 0 radical (unpaired) electrons. The smallest absolute Gasteiger partial charge is 0.123 e. The lowest BCUT2D eigenvalue weighted by Crippen LogP contribution is -2.23.